The lowest BCUT2D eigenvalue weighted by atomic mass is 10.3. The molecule has 0 radical (unpaired) electrons. The smallest absolute Gasteiger partial charge is 0.108 e. The highest BCUT2D eigenvalue weighted by Gasteiger charge is 2.08. The highest BCUT2D eigenvalue weighted by Crippen LogP contribution is 2.17. The molecule has 0 aliphatic carbocycles. The molecule has 0 saturated heterocycles. The minimum Gasteiger partial charge on any atom is -0.394 e. The maximum absolute atomic E-state index is 9.34. The number of nitrogens with one attached hydrogen (secondary N) is 1. The fraction of sp³-hybridized carbons (Fsp3) is 0.462. The van der Waals surface area contributed by atoms with Crippen LogP contribution in [-0.2, 0) is 6.42 Å². The van der Waals surface area contributed by atoms with Gasteiger partial charge in [0.15, 0.2) is 0 Å². The van der Waals surface area contributed by atoms with E-state index in [-0.39, 0.29) is 6.61 Å². The number of nitrogens with zero attached hydrogens (tertiary/aromatic N) is 2. The third-order valence-corrected chi connectivity index (χ3v) is 3.19. The monoisotopic (exact) mass is 283 g/mol. The van der Waals surface area contributed by atoms with Gasteiger partial charge >= 0.3 is 0 Å². The summed E-state index contributed by atoms with van der Waals surface area (Å²) in [5, 5.41) is 18.8. The first-order valence-electron chi connectivity index (χ1n) is 6.20. The van der Waals surface area contributed by atoms with Gasteiger partial charge in [-0.05, 0) is 25.2 Å². The number of aromatic amines is 1. The average molecular weight is 284 g/mol. The van der Waals surface area contributed by atoms with Gasteiger partial charge in [-0.2, -0.15) is 0 Å². The van der Waals surface area contributed by atoms with Crippen molar-refractivity contribution < 1.29 is 10.2 Å². The summed E-state index contributed by atoms with van der Waals surface area (Å²) in [5.74, 6) is 0.891. The van der Waals surface area contributed by atoms with Crippen LogP contribution in [0.15, 0.2) is 18.2 Å². The first kappa shape index (κ1) is 14.3. The van der Waals surface area contributed by atoms with Gasteiger partial charge in [-0.25, -0.2) is 4.98 Å². The molecule has 6 heteroatoms. The first-order chi connectivity index (χ1) is 9.08. The molecular formula is C13H18ClN3O2. The maximum Gasteiger partial charge on any atom is 0.108 e. The number of aliphatic hydroxyl groups excluding tert-OH is 2. The number of hydrogen-bond donors (Lipinski definition) is 3. The number of hydrogen-bond acceptors (Lipinski definition) is 4. The number of benzene rings is 1. The number of aliphatic hydroxyl groups is 2. The molecule has 1 aromatic heterocycles. The van der Waals surface area contributed by atoms with Gasteiger partial charge in [-0.1, -0.05) is 11.6 Å². The number of fused-ring (bicyclic) bond motifs is 1. The third-order valence-electron chi connectivity index (χ3n) is 2.96. The van der Waals surface area contributed by atoms with Crippen molar-refractivity contribution in [1.82, 2.24) is 14.9 Å². The van der Waals surface area contributed by atoms with E-state index < -0.39 is 6.10 Å². The summed E-state index contributed by atoms with van der Waals surface area (Å²) in [5.41, 5.74) is 1.83. The molecule has 0 amide bonds. The van der Waals surface area contributed by atoms with E-state index in [9.17, 15) is 5.11 Å². The Kier molecular flexibility index (Phi) is 4.76. The highest BCUT2D eigenvalue weighted by atomic mass is 35.5. The fourth-order valence-electron chi connectivity index (χ4n) is 1.96. The van der Waals surface area contributed by atoms with Crippen LogP contribution in [-0.4, -0.2) is 57.9 Å². The summed E-state index contributed by atoms with van der Waals surface area (Å²) >= 11 is 5.92. The van der Waals surface area contributed by atoms with Gasteiger partial charge in [0.05, 0.1) is 23.7 Å². The molecule has 1 heterocycles. The van der Waals surface area contributed by atoms with Crippen LogP contribution in [0.3, 0.4) is 0 Å². The predicted octanol–water partition coefficient (Wildman–Crippen LogP) is 1.04. The van der Waals surface area contributed by atoms with Gasteiger partial charge in [0.25, 0.3) is 0 Å². The van der Waals surface area contributed by atoms with Gasteiger partial charge in [0, 0.05) is 24.5 Å². The van der Waals surface area contributed by atoms with Crippen LogP contribution in [0.1, 0.15) is 5.82 Å². The first-order valence-corrected chi connectivity index (χ1v) is 6.58. The van der Waals surface area contributed by atoms with E-state index in [1.165, 1.54) is 0 Å². The Bertz CT molecular complexity index is 544. The molecule has 2 rings (SSSR count). The minimum absolute atomic E-state index is 0.215. The summed E-state index contributed by atoms with van der Waals surface area (Å²) in [6.07, 6.45) is 0.0560. The normalized spacial score (nSPS) is 13.3. The Labute approximate surface area is 116 Å². The molecule has 0 bridgehead atoms. The molecule has 104 valence electrons. The zero-order valence-electron chi connectivity index (χ0n) is 10.8. The molecule has 1 atom stereocenters. The number of rotatable bonds is 6. The fourth-order valence-corrected chi connectivity index (χ4v) is 2.13. The topological polar surface area (TPSA) is 72.4 Å². The molecule has 5 nitrogen and oxygen atoms in total. The maximum atomic E-state index is 9.34. The number of aromatic nitrogens is 2. The van der Waals surface area contributed by atoms with Crippen molar-refractivity contribution in [2.45, 2.75) is 12.5 Å². The molecule has 19 heavy (non-hydrogen) atoms. The van der Waals surface area contributed by atoms with Crippen LogP contribution in [0.5, 0.6) is 0 Å². The molecule has 0 aliphatic rings. The van der Waals surface area contributed by atoms with E-state index in [0.717, 1.165) is 29.8 Å². The Morgan fingerprint density at radius 1 is 1.47 bits per heavy atom. The predicted molar refractivity (Wildman–Crippen MR) is 75.4 cm³/mol. The van der Waals surface area contributed by atoms with Crippen molar-refractivity contribution in [3.63, 3.8) is 0 Å². The van der Waals surface area contributed by atoms with E-state index in [1.54, 1.807) is 0 Å². The quantitative estimate of drug-likeness (QED) is 0.741. The zero-order valence-corrected chi connectivity index (χ0v) is 11.6. The summed E-state index contributed by atoms with van der Waals surface area (Å²) in [6, 6.07) is 5.56. The molecule has 2 aromatic rings. The van der Waals surface area contributed by atoms with Crippen LogP contribution in [0.4, 0.5) is 0 Å². The lowest BCUT2D eigenvalue weighted by Crippen LogP contribution is -2.32. The van der Waals surface area contributed by atoms with Crippen molar-refractivity contribution >= 4 is 22.6 Å². The van der Waals surface area contributed by atoms with Crippen molar-refractivity contribution in [2.24, 2.45) is 0 Å². The van der Waals surface area contributed by atoms with Gasteiger partial charge in [0.1, 0.15) is 5.82 Å². The van der Waals surface area contributed by atoms with Crippen molar-refractivity contribution in [3.05, 3.63) is 29.0 Å². The Balaban J connectivity index is 1.94. The summed E-state index contributed by atoms with van der Waals surface area (Å²) in [6.45, 7) is 0.987. The molecular weight excluding hydrogens is 266 g/mol. The van der Waals surface area contributed by atoms with Crippen LogP contribution in [0.25, 0.3) is 11.0 Å². The van der Waals surface area contributed by atoms with Gasteiger partial charge in [-0.3, -0.25) is 0 Å². The van der Waals surface area contributed by atoms with E-state index in [4.69, 9.17) is 16.7 Å². The van der Waals surface area contributed by atoms with Crippen LogP contribution in [0.2, 0.25) is 5.02 Å². The molecule has 3 N–H and O–H groups in total. The van der Waals surface area contributed by atoms with Crippen molar-refractivity contribution in [3.8, 4) is 0 Å². The highest BCUT2D eigenvalue weighted by molar-refractivity contribution is 6.31. The van der Waals surface area contributed by atoms with E-state index >= 15 is 0 Å². The molecule has 1 unspecified atom stereocenters. The average Bonchev–Trinajstić information content (AvgIpc) is 2.78. The standard InChI is InChI=1S/C13H18ClN3O2/c1-17(7-10(19)8-18)5-4-13-15-11-3-2-9(14)6-12(11)16-13/h2-3,6,10,18-19H,4-5,7-8H2,1H3,(H,15,16). The Hall–Kier alpha value is -1.14. The van der Waals surface area contributed by atoms with Gasteiger partial charge in [-0.15, -0.1) is 0 Å². The number of imidazole rings is 1. The molecule has 0 fully saturated rings. The molecule has 0 spiro atoms. The zero-order chi connectivity index (χ0) is 13.8. The number of likely N-dealkylation sites (N-methyl/N-ethyl adjacent to an activating group) is 1. The van der Waals surface area contributed by atoms with Gasteiger partial charge < -0.3 is 20.1 Å². The van der Waals surface area contributed by atoms with Crippen molar-refractivity contribution in [1.29, 1.82) is 0 Å². The summed E-state index contributed by atoms with van der Waals surface area (Å²) < 4.78 is 0. The SMILES string of the molecule is CN(CCc1nc2ccc(Cl)cc2[nH]1)CC(O)CO. The summed E-state index contributed by atoms with van der Waals surface area (Å²) in [4.78, 5) is 9.66. The van der Waals surface area contributed by atoms with Crippen LogP contribution in [0, 0.1) is 0 Å². The largest absolute Gasteiger partial charge is 0.394 e. The minimum atomic E-state index is -0.695. The molecule has 0 saturated carbocycles. The number of halogens is 1. The second-order valence-corrected chi connectivity index (χ2v) is 5.13. The number of H-pyrrole nitrogens is 1. The van der Waals surface area contributed by atoms with Crippen molar-refractivity contribution in [2.75, 3.05) is 26.7 Å². The second kappa shape index (κ2) is 6.34. The lowest BCUT2D eigenvalue weighted by molar-refractivity contribution is 0.0668. The molecule has 0 aliphatic heterocycles. The van der Waals surface area contributed by atoms with E-state index in [0.29, 0.717) is 11.6 Å². The van der Waals surface area contributed by atoms with Crippen LogP contribution >= 0.6 is 11.6 Å². The van der Waals surface area contributed by atoms with E-state index in [2.05, 4.69) is 9.97 Å². The van der Waals surface area contributed by atoms with E-state index in [1.807, 2.05) is 30.1 Å². The lowest BCUT2D eigenvalue weighted by Gasteiger charge is -2.18. The third kappa shape index (κ3) is 3.91. The van der Waals surface area contributed by atoms with Gasteiger partial charge in [0.2, 0.25) is 0 Å². The Morgan fingerprint density at radius 2 is 2.26 bits per heavy atom. The summed E-state index contributed by atoms with van der Waals surface area (Å²) in [7, 11) is 1.90. The second-order valence-electron chi connectivity index (χ2n) is 4.69. The molecule has 1 aromatic carbocycles. The Morgan fingerprint density at radius 3 is 3.00 bits per heavy atom. The van der Waals surface area contributed by atoms with Crippen LogP contribution < -0.4 is 0 Å².